The van der Waals surface area contributed by atoms with E-state index in [0.29, 0.717) is 0 Å². The minimum atomic E-state index is -4.23. The summed E-state index contributed by atoms with van der Waals surface area (Å²) in [6.45, 7) is 5.69. The second kappa shape index (κ2) is 7.95. The summed E-state index contributed by atoms with van der Waals surface area (Å²) in [5.74, 6) is 0. The third kappa shape index (κ3) is 9.24. The van der Waals surface area contributed by atoms with Gasteiger partial charge in [-0.05, 0) is 6.92 Å². The lowest BCUT2D eigenvalue weighted by molar-refractivity contribution is -0.0961. The lowest BCUT2D eigenvalue weighted by Gasteiger charge is -2.08. The van der Waals surface area contributed by atoms with Crippen LogP contribution in [0.3, 0.4) is 0 Å². The summed E-state index contributed by atoms with van der Waals surface area (Å²) < 4.78 is 34.8. The molecule has 0 aromatic carbocycles. The van der Waals surface area contributed by atoms with Crippen molar-refractivity contribution in [3.8, 4) is 0 Å². The van der Waals surface area contributed by atoms with E-state index < -0.39 is 11.9 Å². The fourth-order valence-corrected chi connectivity index (χ4v) is 0.450. The molecule has 0 radical (unpaired) electrons. The molecule has 0 spiro atoms. The van der Waals surface area contributed by atoms with Crippen molar-refractivity contribution in [3.05, 3.63) is 11.8 Å². The average molecular weight is 197 g/mol. The van der Waals surface area contributed by atoms with E-state index >= 15 is 0 Å². The molecular formula is C9H18F3N. The predicted molar refractivity (Wildman–Crippen MR) is 49.5 cm³/mol. The van der Waals surface area contributed by atoms with Gasteiger partial charge in [-0.3, -0.25) is 0 Å². The first-order valence-corrected chi connectivity index (χ1v) is 4.35. The summed E-state index contributed by atoms with van der Waals surface area (Å²) >= 11 is 0. The highest BCUT2D eigenvalue weighted by Gasteiger charge is 2.31. The minimum absolute atomic E-state index is 0.706. The molecule has 0 heterocycles. The number of hydrogen-bond acceptors (Lipinski definition) is 1. The van der Waals surface area contributed by atoms with Crippen LogP contribution < -0.4 is 5.32 Å². The second-order valence-corrected chi connectivity index (χ2v) is 2.45. The van der Waals surface area contributed by atoms with Crippen LogP contribution >= 0.6 is 0 Å². The molecule has 13 heavy (non-hydrogen) atoms. The highest BCUT2D eigenvalue weighted by atomic mass is 19.4. The van der Waals surface area contributed by atoms with Crippen LogP contribution in [0, 0.1) is 0 Å². The summed E-state index contributed by atoms with van der Waals surface area (Å²) in [4.78, 5) is 0. The van der Waals surface area contributed by atoms with Crippen LogP contribution in [0.5, 0.6) is 0 Å². The summed E-state index contributed by atoms with van der Waals surface area (Å²) in [6.07, 6.45) is -0.608. The molecule has 0 aliphatic rings. The van der Waals surface area contributed by atoms with Gasteiger partial charge >= 0.3 is 6.18 Å². The maximum absolute atomic E-state index is 11.6. The second-order valence-electron chi connectivity index (χ2n) is 2.45. The summed E-state index contributed by atoms with van der Waals surface area (Å²) in [5.41, 5.74) is -0.706. The van der Waals surface area contributed by atoms with Crippen molar-refractivity contribution in [2.24, 2.45) is 0 Å². The van der Waals surface area contributed by atoms with E-state index in [-0.39, 0.29) is 0 Å². The van der Waals surface area contributed by atoms with Crippen molar-refractivity contribution in [1.29, 1.82) is 0 Å². The van der Waals surface area contributed by atoms with Crippen LogP contribution in [0.2, 0.25) is 0 Å². The molecule has 0 amide bonds. The Labute approximate surface area is 78.0 Å². The molecule has 1 N–H and O–H groups in total. The third-order valence-electron chi connectivity index (χ3n) is 1.36. The maximum Gasteiger partial charge on any atom is 0.430 e. The topological polar surface area (TPSA) is 12.0 Å². The van der Waals surface area contributed by atoms with Gasteiger partial charge in [-0.25, -0.2) is 0 Å². The predicted octanol–water partition coefficient (Wildman–Crippen LogP) is 3.48. The smallest absolute Gasteiger partial charge is 0.384 e. The van der Waals surface area contributed by atoms with E-state index in [0.717, 1.165) is 6.08 Å². The molecule has 4 heteroatoms. The van der Waals surface area contributed by atoms with Crippen LogP contribution in [0.1, 0.15) is 33.6 Å². The standard InChI is InChI=1S/C5H8F3N.C4H10/c1-3-4(9-2)5(6,7)8;1-3-4-2/h3,9H,1-2H3;3-4H2,1-2H3/b4-3-;. The van der Waals surface area contributed by atoms with Crippen molar-refractivity contribution in [2.45, 2.75) is 39.8 Å². The minimum Gasteiger partial charge on any atom is -0.384 e. The Balaban J connectivity index is 0. The molecule has 0 aromatic heterocycles. The molecule has 1 nitrogen and oxygen atoms in total. The first-order chi connectivity index (χ1) is 5.93. The number of allylic oxidation sites excluding steroid dienone is 2. The van der Waals surface area contributed by atoms with E-state index in [9.17, 15) is 13.2 Å². The number of unbranched alkanes of at least 4 members (excludes halogenated alkanes) is 1. The van der Waals surface area contributed by atoms with Crippen LogP contribution in [0.15, 0.2) is 11.8 Å². The number of hydrogen-bond donors (Lipinski definition) is 1. The van der Waals surface area contributed by atoms with Crippen LogP contribution in [-0.4, -0.2) is 13.2 Å². The molecular weight excluding hydrogens is 179 g/mol. The molecule has 80 valence electrons. The van der Waals surface area contributed by atoms with Gasteiger partial charge in [0.05, 0.1) is 0 Å². The van der Waals surface area contributed by atoms with E-state index in [1.54, 1.807) is 0 Å². The van der Waals surface area contributed by atoms with Gasteiger partial charge in [0.15, 0.2) is 0 Å². The Morgan fingerprint density at radius 1 is 1.23 bits per heavy atom. The normalized spacial score (nSPS) is 11.8. The molecule has 0 saturated heterocycles. The molecule has 0 fully saturated rings. The summed E-state index contributed by atoms with van der Waals surface area (Å²) in [6, 6.07) is 0. The van der Waals surface area contributed by atoms with Gasteiger partial charge in [-0.1, -0.05) is 32.8 Å². The lowest BCUT2D eigenvalue weighted by atomic mass is 10.4. The Kier molecular flexibility index (Phi) is 9.07. The fourth-order valence-electron chi connectivity index (χ4n) is 0.450. The average Bonchev–Trinajstić information content (AvgIpc) is 2.05. The quantitative estimate of drug-likeness (QED) is 0.714. The SMILES string of the molecule is C/C=C(\NC)C(F)(F)F.CCCC. The zero-order valence-corrected chi connectivity index (χ0v) is 8.63. The van der Waals surface area contributed by atoms with Gasteiger partial charge in [-0.15, -0.1) is 0 Å². The van der Waals surface area contributed by atoms with Crippen LogP contribution in [0.4, 0.5) is 13.2 Å². The maximum atomic E-state index is 11.6. The monoisotopic (exact) mass is 197 g/mol. The first-order valence-electron chi connectivity index (χ1n) is 4.35. The molecule has 0 aliphatic heterocycles. The van der Waals surface area contributed by atoms with Gasteiger partial charge < -0.3 is 5.32 Å². The van der Waals surface area contributed by atoms with Gasteiger partial charge in [0, 0.05) is 7.05 Å². The Morgan fingerprint density at radius 3 is 1.62 bits per heavy atom. The van der Waals surface area contributed by atoms with Crippen LogP contribution in [0.25, 0.3) is 0 Å². The zero-order chi connectivity index (χ0) is 10.9. The van der Waals surface area contributed by atoms with Gasteiger partial charge in [-0.2, -0.15) is 13.2 Å². The number of rotatable bonds is 2. The molecule has 0 rings (SSSR count). The molecule has 0 saturated carbocycles. The van der Waals surface area contributed by atoms with E-state index in [1.807, 2.05) is 5.32 Å². The van der Waals surface area contributed by atoms with Gasteiger partial charge in [0.2, 0.25) is 0 Å². The Morgan fingerprint density at radius 2 is 1.62 bits per heavy atom. The molecule has 0 atom stereocenters. The Bertz CT molecular complexity index is 136. The van der Waals surface area contributed by atoms with Crippen LogP contribution in [-0.2, 0) is 0 Å². The fraction of sp³-hybridized carbons (Fsp3) is 0.778. The summed E-state index contributed by atoms with van der Waals surface area (Å²) in [5, 5.41) is 2.03. The van der Waals surface area contributed by atoms with E-state index in [4.69, 9.17) is 0 Å². The molecule has 0 aromatic rings. The van der Waals surface area contributed by atoms with Gasteiger partial charge in [0.25, 0.3) is 0 Å². The lowest BCUT2D eigenvalue weighted by Crippen LogP contribution is -2.22. The van der Waals surface area contributed by atoms with E-state index in [2.05, 4.69) is 13.8 Å². The van der Waals surface area contributed by atoms with Crippen molar-refractivity contribution >= 4 is 0 Å². The largest absolute Gasteiger partial charge is 0.430 e. The van der Waals surface area contributed by atoms with Crippen molar-refractivity contribution in [3.63, 3.8) is 0 Å². The highest BCUT2D eigenvalue weighted by molar-refractivity contribution is 5.03. The van der Waals surface area contributed by atoms with Crippen molar-refractivity contribution in [2.75, 3.05) is 7.05 Å². The van der Waals surface area contributed by atoms with Crippen molar-refractivity contribution in [1.82, 2.24) is 5.32 Å². The zero-order valence-electron chi connectivity index (χ0n) is 8.63. The summed E-state index contributed by atoms with van der Waals surface area (Å²) in [7, 11) is 1.24. The molecule has 0 bridgehead atoms. The van der Waals surface area contributed by atoms with Crippen molar-refractivity contribution < 1.29 is 13.2 Å². The molecule has 0 unspecified atom stereocenters. The number of alkyl halides is 3. The van der Waals surface area contributed by atoms with Gasteiger partial charge in [0.1, 0.15) is 5.70 Å². The molecule has 0 aliphatic carbocycles. The highest BCUT2D eigenvalue weighted by Crippen LogP contribution is 2.22. The van der Waals surface area contributed by atoms with E-state index in [1.165, 1.54) is 26.8 Å². The Hall–Kier alpha value is -0.670. The first kappa shape index (κ1) is 14.8. The number of nitrogens with one attached hydrogen (secondary N) is 1. The number of halogens is 3. The third-order valence-corrected chi connectivity index (χ3v) is 1.36.